The van der Waals surface area contributed by atoms with Gasteiger partial charge < -0.3 is 4.84 Å². The number of nitrogens with zero attached hydrogens (tertiary/aromatic N) is 1. The Hall–Kier alpha value is -1.04. The molecule has 1 unspecified atom stereocenters. The van der Waals surface area contributed by atoms with Crippen LogP contribution >= 0.6 is 11.8 Å². The first-order valence-corrected chi connectivity index (χ1v) is 5.45. The van der Waals surface area contributed by atoms with E-state index in [1.54, 1.807) is 13.2 Å². The van der Waals surface area contributed by atoms with Gasteiger partial charge in [0.25, 0.3) is 11.8 Å². The van der Waals surface area contributed by atoms with Gasteiger partial charge in [0.05, 0.1) is 0 Å². The molecule has 14 heavy (non-hydrogen) atoms. The standard InChI is InChI=1S/C8H11NO4S/c1-5(14-2)8(12)13-9-6(10)3-4-7(9)11/h5H,3-4H2,1-2H3. The largest absolute Gasteiger partial charge is 0.345 e. The lowest BCUT2D eigenvalue weighted by Crippen LogP contribution is -2.34. The van der Waals surface area contributed by atoms with Gasteiger partial charge in [-0.25, -0.2) is 4.79 Å². The average Bonchev–Trinajstić information content (AvgIpc) is 2.48. The zero-order valence-corrected chi connectivity index (χ0v) is 8.80. The number of hydroxylamine groups is 2. The van der Waals surface area contributed by atoms with Crippen molar-refractivity contribution in [2.45, 2.75) is 25.0 Å². The number of amides is 2. The summed E-state index contributed by atoms with van der Waals surface area (Å²) in [5, 5.41) is 0.186. The van der Waals surface area contributed by atoms with Gasteiger partial charge in [-0.1, -0.05) is 0 Å². The highest BCUT2D eigenvalue weighted by atomic mass is 32.2. The Morgan fingerprint density at radius 2 is 1.93 bits per heavy atom. The summed E-state index contributed by atoms with van der Waals surface area (Å²) in [6.07, 6.45) is 2.00. The molecule has 1 saturated heterocycles. The van der Waals surface area contributed by atoms with Crippen LogP contribution in [0.4, 0.5) is 0 Å². The Labute approximate surface area is 85.7 Å². The van der Waals surface area contributed by atoms with E-state index in [1.165, 1.54) is 11.8 Å². The Morgan fingerprint density at radius 3 is 2.36 bits per heavy atom. The third-order valence-electron chi connectivity index (χ3n) is 1.87. The van der Waals surface area contributed by atoms with E-state index >= 15 is 0 Å². The minimum absolute atomic E-state index is 0.125. The summed E-state index contributed by atoms with van der Waals surface area (Å²) in [6, 6.07) is 0. The van der Waals surface area contributed by atoms with Crippen LogP contribution in [-0.4, -0.2) is 34.4 Å². The molecule has 0 saturated carbocycles. The fraction of sp³-hybridized carbons (Fsp3) is 0.625. The molecule has 0 spiro atoms. The molecule has 0 bridgehead atoms. The van der Waals surface area contributed by atoms with Crippen LogP contribution in [0.5, 0.6) is 0 Å². The van der Waals surface area contributed by atoms with E-state index < -0.39 is 17.8 Å². The molecule has 1 aliphatic rings. The maximum Gasteiger partial charge on any atom is 0.345 e. The number of hydrogen-bond donors (Lipinski definition) is 0. The topological polar surface area (TPSA) is 63.7 Å². The third kappa shape index (κ3) is 2.25. The van der Waals surface area contributed by atoms with Gasteiger partial charge in [-0.3, -0.25) is 9.59 Å². The zero-order valence-electron chi connectivity index (χ0n) is 7.98. The van der Waals surface area contributed by atoms with Crippen molar-refractivity contribution in [3.8, 4) is 0 Å². The summed E-state index contributed by atoms with van der Waals surface area (Å²) < 4.78 is 0. The Kier molecular flexibility index (Phi) is 3.51. The van der Waals surface area contributed by atoms with E-state index in [1.807, 2.05) is 0 Å². The van der Waals surface area contributed by atoms with Crippen LogP contribution in [0.15, 0.2) is 0 Å². The van der Waals surface area contributed by atoms with Gasteiger partial charge in [-0.05, 0) is 13.2 Å². The first-order valence-electron chi connectivity index (χ1n) is 4.16. The van der Waals surface area contributed by atoms with E-state index in [2.05, 4.69) is 4.84 Å². The van der Waals surface area contributed by atoms with Crippen molar-refractivity contribution >= 4 is 29.5 Å². The van der Waals surface area contributed by atoms with Crippen molar-refractivity contribution in [2.24, 2.45) is 0 Å². The van der Waals surface area contributed by atoms with Crippen molar-refractivity contribution in [3.63, 3.8) is 0 Å². The van der Waals surface area contributed by atoms with Gasteiger partial charge in [-0.15, -0.1) is 5.06 Å². The summed E-state index contributed by atoms with van der Waals surface area (Å²) in [4.78, 5) is 38.0. The highest BCUT2D eigenvalue weighted by molar-refractivity contribution is 7.99. The molecular formula is C8H11NO4S. The summed E-state index contributed by atoms with van der Waals surface area (Å²) in [6.45, 7) is 1.65. The molecule has 0 N–H and O–H groups in total. The second-order valence-electron chi connectivity index (χ2n) is 2.87. The Bertz CT molecular complexity index is 263. The van der Waals surface area contributed by atoms with Crippen molar-refractivity contribution in [2.75, 3.05) is 6.26 Å². The van der Waals surface area contributed by atoms with Gasteiger partial charge >= 0.3 is 5.97 Å². The van der Waals surface area contributed by atoms with Crippen molar-refractivity contribution in [1.82, 2.24) is 5.06 Å². The summed E-state index contributed by atoms with van der Waals surface area (Å²) in [5.41, 5.74) is 0. The fourth-order valence-corrected chi connectivity index (χ4v) is 1.15. The molecule has 2 amide bonds. The second-order valence-corrected chi connectivity index (χ2v) is 4.05. The molecule has 5 nitrogen and oxygen atoms in total. The summed E-state index contributed by atoms with van der Waals surface area (Å²) >= 11 is 1.29. The van der Waals surface area contributed by atoms with Crippen LogP contribution in [0, 0.1) is 0 Å². The van der Waals surface area contributed by atoms with Crippen LogP contribution < -0.4 is 0 Å². The normalized spacial score (nSPS) is 18.6. The Morgan fingerprint density at radius 1 is 1.43 bits per heavy atom. The highest BCUT2D eigenvalue weighted by Gasteiger charge is 2.33. The molecular weight excluding hydrogens is 206 g/mol. The van der Waals surface area contributed by atoms with Crippen molar-refractivity contribution in [3.05, 3.63) is 0 Å². The van der Waals surface area contributed by atoms with Crippen LogP contribution in [0.2, 0.25) is 0 Å². The van der Waals surface area contributed by atoms with E-state index in [0.717, 1.165) is 0 Å². The molecule has 0 aliphatic carbocycles. The lowest BCUT2D eigenvalue weighted by atomic mass is 10.4. The number of thioether (sulfide) groups is 1. The number of hydrogen-bond acceptors (Lipinski definition) is 5. The molecule has 0 aromatic heterocycles. The van der Waals surface area contributed by atoms with E-state index in [9.17, 15) is 14.4 Å². The second kappa shape index (κ2) is 4.45. The number of rotatable bonds is 3. The molecule has 0 aromatic rings. The molecule has 0 radical (unpaired) electrons. The number of carbonyl (C=O) groups excluding carboxylic acids is 3. The minimum atomic E-state index is -0.568. The Balaban J connectivity index is 2.55. The van der Waals surface area contributed by atoms with E-state index in [-0.39, 0.29) is 18.1 Å². The fourth-order valence-electron chi connectivity index (χ4n) is 0.918. The molecule has 1 aliphatic heterocycles. The van der Waals surface area contributed by atoms with E-state index in [4.69, 9.17) is 0 Å². The molecule has 78 valence electrons. The van der Waals surface area contributed by atoms with E-state index in [0.29, 0.717) is 5.06 Å². The lowest BCUT2D eigenvalue weighted by Gasteiger charge is -2.14. The summed E-state index contributed by atoms with van der Waals surface area (Å²) in [7, 11) is 0. The van der Waals surface area contributed by atoms with Gasteiger partial charge in [0.2, 0.25) is 0 Å². The molecule has 6 heteroatoms. The SMILES string of the molecule is CSC(C)C(=O)ON1C(=O)CCC1=O. The van der Waals surface area contributed by atoms with Crippen LogP contribution in [0.25, 0.3) is 0 Å². The van der Waals surface area contributed by atoms with Crippen molar-refractivity contribution < 1.29 is 19.2 Å². The minimum Gasteiger partial charge on any atom is -0.329 e. The quantitative estimate of drug-likeness (QED) is 0.638. The molecule has 0 aromatic carbocycles. The number of carbonyl (C=O) groups is 3. The predicted octanol–water partition coefficient (Wildman–Crippen LogP) is 0.345. The van der Waals surface area contributed by atoms with Crippen LogP contribution in [0.1, 0.15) is 19.8 Å². The maximum absolute atomic E-state index is 11.2. The molecule has 1 heterocycles. The molecule has 1 rings (SSSR count). The lowest BCUT2D eigenvalue weighted by molar-refractivity contribution is -0.196. The summed E-state index contributed by atoms with van der Waals surface area (Å²) in [5.74, 6) is -1.46. The van der Waals surface area contributed by atoms with Gasteiger partial charge in [0.1, 0.15) is 5.25 Å². The molecule has 1 fully saturated rings. The van der Waals surface area contributed by atoms with Gasteiger partial charge in [0.15, 0.2) is 0 Å². The monoisotopic (exact) mass is 217 g/mol. The van der Waals surface area contributed by atoms with Gasteiger partial charge in [0, 0.05) is 12.8 Å². The van der Waals surface area contributed by atoms with Crippen LogP contribution in [-0.2, 0) is 19.2 Å². The van der Waals surface area contributed by atoms with Crippen LogP contribution in [0.3, 0.4) is 0 Å². The number of imide groups is 1. The predicted molar refractivity (Wildman–Crippen MR) is 50.2 cm³/mol. The maximum atomic E-state index is 11.2. The van der Waals surface area contributed by atoms with Crippen molar-refractivity contribution in [1.29, 1.82) is 0 Å². The zero-order chi connectivity index (χ0) is 10.7. The molecule has 1 atom stereocenters. The highest BCUT2D eigenvalue weighted by Crippen LogP contribution is 2.15. The first kappa shape index (κ1) is 11.0. The van der Waals surface area contributed by atoms with Gasteiger partial charge in [-0.2, -0.15) is 11.8 Å². The average molecular weight is 217 g/mol. The third-order valence-corrected chi connectivity index (χ3v) is 2.77. The first-order chi connectivity index (χ1) is 6.56. The smallest absolute Gasteiger partial charge is 0.329 e.